The van der Waals surface area contributed by atoms with Crippen LogP contribution in [0.3, 0.4) is 0 Å². The number of hydrogen-bond donors (Lipinski definition) is 0. The highest BCUT2D eigenvalue weighted by molar-refractivity contribution is 5.99. The number of methoxy groups -OCH3 is 2. The molecule has 3 aromatic rings. The van der Waals surface area contributed by atoms with E-state index in [2.05, 4.69) is 36.4 Å². The van der Waals surface area contributed by atoms with Gasteiger partial charge in [0.2, 0.25) is 5.91 Å². The molecule has 32 heavy (non-hydrogen) atoms. The van der Waals surface area contributed by atoms with Gasteiger partial charge in [-0.25, -0.2) is 0 Å². The van der Waals surface area contributed by atoms with Crippen LogP contribution in [-0.2, 0) is 9.53 Å². The predicted molar refractivity (Wildman–Crippen MR) is 126 cm³/mol. The maximum atomic E-state index is 13.1. The molecule has 0 aromatic heterocycles. The number of carbonyl (C=O) groups is 1. The van der Waals surface area contributed by atoms with Gasteiger partial charge in [0, 0.05) is 19.2 Å². The molecule has 0 spiro atoms. The van der Waals surface area contributed by atoms with Crippen LogP contribution in [0.1, 0.15) is 11.1 Å². The SMILES string of the molecule is COc1ccc(/C(=C\C(=O)N2CCOCC2)c2ccc(-c3ccccc3)cc2)cc1OC. The molecule has 1 fully saturated rings. The summed E-state index contributed by atoms with van der Waals surface area (Å²) < 4.78 is 16.3. The van der Waals surface area contributed by atoms with Gasteiger partial charge in [-0.05, 0) is 40.0 Å². The second-order valence-electron chi connectivity index (χ2n) is 7.51. The van der Waals surface area contributed by atoms with Crippen molar-refractivity contribution in [1.29, 1.82) is 0 Å². The minimum Gasteiger partial charge on any atom is -0.493 e. The van der Waals surface area contributed by atoms with E-state index >= 15 is 0 Å². The fourth-order valence-electron chi connectivity index (χ4n) is 3.81. The van der Waals surface area contributed by atoms with Crippen LogP contribution in [0, 0.1) is 0 Å². The second-order valence-corrected chi connectivity index (χ2v) is 7.51. The third-order valence-electron chi connectivity index (χ3n) is 5.59. The molecule has 5 nitrogen and oxygen atoms in total. The van der Waals surface area contributed by atoms with Gasteiger partial charge in [0.05, 0.1) is 27.4 Å². The van der Waals surface area contributed by atoms with E-state index in [-0.39, 0.29) is 5.91 Å². The molecule has 164 valence electrons. The minimum atomic E-state index is -0.0229. The van der Waals surface area contributed by atoms with Gasteiger partial charge < -0.3 is 19.1 Å². The monoisotopic (exact) mass is 429 g/mol. The van der Waals surface area contributed by atoms with E-state index in [4.69, 9.17) is 14.2 Å². The zero-order valence-electron chi connectivity index (χ0n) is 18.4. The molecule has 5 heteroatoms. The lowest BCUT2D eigenvalue weighted by Gasteiger charge is -2.26. The summed E-state index contributed by atoms with van der Waals surface area (Å²) in [5.41, 5.74) is 4.96. The topological polar surface area (TPSA) is 48.0 Å². The van der Waals surface area contributed by atoms with Crippen molar-refractivity contribution in [2.75, 3.05) is 40.5 Å². The molecule has 1 aliphatic rings. The first-order chi connectivity index (χ1) is 15.7. The summed E-state index contributed by atoms with van der Waals surface area (Å²) in [4.78, 5) is 14.9. The fourth-order valence-corrected chi connectivity index (χ4v) is 3.81. The first kappa shape index (κ1) is 21.7. The molecule has 1 saturated heterocycles. The number of carbonyl (C=O) groups excluding carboxylic acids is 1. The summed E-state index contributed by atoms with van der Waals surface area (Å²) in [6, 6.07) is 24.2. The highest BCUT2D eigenvalue weighted by atomic mass is 16.5. The number of amides is 1. The molecular formula is C27H27NO4. The Hall–Kier alpha value is -3.57. The number of nitrogens with zero attached hydrogens (tertiary/aromatic N) is 1. The molecule has 0 aliphatic carbocycles. The molecule has 0 atom stereocenters. The Morgan fingerprint density at radius 1 is 0.812 bits per heavy atom. The van der Waals surface area contributed by atoms with E-state index in [1.807, 2.05) is 41.3 Å². The molecule has 4 rings (SSSR count). The van der Waals surface area contributed by atoms with Gasteiger partial charge >= 0.3 is 0 Å². The molecular weight excluding hydrogens is 402 g/mol. The molecule has 0 radical (unpaired) electrons. The number of morpholine rings is 1. The average molecular weight is 430 g/mol. The predicted octanol–water partition coefficient (Wildman–Crippen LogP) is 4.66. The zero-order chi connectivity index (χ0) is 22.3. The summed E-state index contributed by atoms with van der Waals surface area (Å²) >= 11 is 0. The van der Waals surface area contributed by atoms with Crippen molar-refractivity contribution in [3.05, 3.63) is 90.0 Å². The van der Waals surface area contributed by atoms with Gasteiger partial charge in [0.25, 0.3) is 0 Å². The van der Waals surface area contributed by atoms with Crippen molar-refractivity contribution < 1.29 is 19.0 Å². The first-order valence-corrected chi connectivity index (χ1v) is 10.7. The average Bonchev–Trinajstić information content (AvgIpc) is 2.88. The molecule has 1 heterocycles. The highest BCUT2D eigenvalue weighted by Gasteiger charge is 2.18. The lowest BCUT2D eigenvalue weighted by Crippen LogP contribution is -2.39. The van der Waals surface area contributed by atoms with E-state index in [9.17, 15) is 4.79 Å². The van der Waals surface area contributed by atoms with Gasteiger partial charge in [-0.15, -0.1) is 0 Å². The Balaban J connectivity index is 1.73. The lowest BCUT2D eigenvalue weighted by atomic mass is 9.94. The Kier molecular flexibility index (Phi) is 6.87. The van der Waals surface area contributed by atoms with Crippen LogP contribution in [0.15, 0.2) is 78.9 Å². The standard InChI is InChI=1S/C27H27NO4/c1-30-25-13-12-23(18-26(25)31-2)24(19-27(29)28-14-16-32-17-15-28)22-10-8-21(9-11-22)20-6-4-3-5-7-20/h3-13,18-19H,14-17H2,1-2H3/b24-19-. The first-order valence-electron chi connectivity index (χ1n) is 10.7. The summed E-state index contributed by atoms with van der Waals surface area (Å²) in [6.07, 6.45) is 1.71. The number of benzene rings is 3. The van der Waals surface area contributed by atoms with Gasteiger partial charge in [-0.1, -0.05) is 60.7 Å². The third kappa shape index (κ3) is 4.84. The van der Waals surface area contributed by atoms with E-state index < -0.39 is 0 Å². The van der Waals surface area contributed by atoms with E-state index in [1.54, 1.807) is 20.3 Å². The molecule has 0 N–H and O–H groups in total. The quantitative estimate of drug-likeness (QED) is 0.535. The van der Waals surface area contributed by atoms with Crippen LogP contribution in [-0.4, -0.2) is 51.3 Å². The van der Waals surface area contributed by atoms with Gasteiger partial charge in [0.15, 0.2) is 11.5 Å². The van der Waals surface area contributed by atoms with E-state index in [0.29, 0.717) is 37.8 Å². The molecule has 3 aromatic carbocycles. The van der Waals surface area contributed by atoms with Gasteiger partial charge in [-0.2, -0.15) is 0 Å². The third-order valence-corrected chi connectivity index (χ3v) is 5.59. The van der Waals surface area contributed by atoms with Crippen molar-refractivity contribution in [3.8, 4) is 22.6 Å². The molecule has 1 amide bonds. The van der Waals surface area contributed by atoms with Gasteiger partial charge in [0.1, 0.15) is 0 Å². The van der Waals surface area contributed by atoms with Crippen LogP contribution in [0.5, 0.6) is 11.5 Å². The second kappa shape index (κ2) is 10.2. The Labute approximate surface area is 188 Å². The van der Waals surface area contributed by atoms with Crippen molar-refractivity contribution in [2.24, 2.45) is 0 Å². The largest absolute Gasteiger partial charge is 0.493 e. The fraction of sp³-hybridized carbons (Fsp3) is 0.222. The van der Waals surface area contributed by atoms with Crippen molar-refractivity contribution in [2.45, 2.75) is 0 Å². The Morgan fingerprint density at radius 3 is 2.09 bits per heavy atom. The lowest BCUT2D eigenvalue weighted by molar-refractivity contribution is -0.129. The number of rotatable bonds is 6. The van der Waals surface area contributed by atoms with Crippen LogP contribution in [0.25, 0.3) is 16.7 Å². The van der Waals surface area contributed by atoms with Crippen molar-refractivity contribution >= 4 is 11.5 Å². The smallest absolute Gasteiger partial charge is 0.247 e. The summed E-state index contributed by atoms with van der Waals surface area (Å²) in [5, 5.41) is 0. The number of ether oxygens (including phenoxy) is 3. The van der Waals surface area contributed by atoms with Crippen molar-refractivity contribution in [3.63, 3.8) is 0 Å². The van der Waals surface area contributed by atoms with Crippen LogP contribution in [0.4, 0.5) is 0 Å². The van der Waals surface area contributed by atoms with Gasteiger partial charge in [-0.3, -0.25) is 4.79 Å². The summed E-state index contributed by atoms with van der Waals surface area (Å²) in [5.74, 6) is 1.25. The molecule has 0 bridgehead atoms. The Bertz CT molecular complexity index is 1080. The summed E-state index contributed by atoms with van der Waals surface area (Å²) in [7, 11) is 3.22. The van der Waals surface area contributed by atoms with E-state index in [0.717, 1.165) is 27.8 Å². The van der Waals surface area contributed by atoms with Crippen molar-refractivity contribution in [1.82, 2.24) is 4.90 Å². The number of hydrogen-bond acceptors (Lipinski definition) is 4. The van der Waals surface area contributed by atoms with Crippen LogP contribution >= 0.6 is 0 Å². The van der Waals surface area contributed by atoms with Crippen LogP contribution in [0.2, 0.25) is 0 Å². The normalized spacial score (nSPS) is 14.2. The zero-order valence-corrected chi connectivity index (χ0v) is 18.4. The Morgan fingerprint density at radius 2 is 1.44 bits per heavy atom. The van der Waals surface area contributed by atoms with Crippen LogP contribution < -0.4 is 9.47 Å². The maximum Gasteiger partial charge on any atom is 0.247 e. The molecule has 0 saturated carbocycles. The molecule has 0 unspecified atom stereocenters. The maximum absolute atomic E-state index is 13.1. The molecule has 1 aliphatic heterocycles. The minimum absolute atomic E-state index is 0.0229. The summed E-state index contributed by atoms with van der Waals surface area (Å²) in [6.45, 7) is 2.33. The highest BCUT2D eigenvalue weighted by Crippen LogP contribution is 2.33. The van der Waals surface area contributed by atoms with E-state index in [1.165, 1.54) is 0 Å².